The molecule has 0 bridgehead atoms. The number of hydrogen-bond donors (Lipinski definition) is 0. The van der Waals surface area contributed by atoms with Crippen molar-refractivity contribution in [1.82, 2.24) is 0 Å². The predicted octanol–water partition coefficient (Wildman–Crippen LogP) is 2.20. The van der Waals surface area contributed by atoms with E-state index in [1.54, 1.807) is 14.2 Å². The summed E-state index contributed by atoms with van der Waals surface area (Å²) in [6.07, 6.45) is 1.56. The van der Waals surface area contributed by atoms with Gasteiger partial charge in [-0.15, -0.1) is 0 Å². The maximum Gasteiger partial charge on any atom is 0.171 e. The van der Waals surface area contributed by atoms with E-state index in [1.807, 2.05) is 19.1 Å². The fourth-order valence-electron chi connectivity index (χ4n) is 2.91. The van der Waals surface area contributed by atoms with Crippen LogP contribution in [-0.4, -0.2) is 45.5 Å². The summed E-state index contributed by atoms with van der Waals surface area (Å²) in [5, 5.41) is 0. The molecule has 1 aromatic rings. The van der Waals surface area contributed by atoms with E-state index in [2.05, 4.69) is 4.99 Å². The summed E-state index contributed by atoms with van der Waals surface area (Å²) >= 11 is 0. The molecule has 1 fully saturated rings. The van der Waals surface area contributed by atoms with Gasteiger partial charge in [0.15, 0.2) is 17.3 Å². The van der Waals surface area contributed by atoms with Crippen molar-refractivity contribution in [2.45, 2.75) is 25.6 Å². The molecule has 3 rings (SSSR count). The van der Waals surface area contributed by atoms with Crippen LogP contribution >= 0.6 is 0 Å². The minimum Gasteiger partial charge on any atom is -0.493 e. The lowest BCUT2D eigenvalue weighted by molar-refractivity contribution is -0.135. The number of nitrogens with zero attached hydrogens (tertiary/aromatic N) is 1. The summed E-state index contributed by atoms with van der Waals surface area (Å²) in [6, 6.07) is 4.05. The van der Waals surface area contributed by atoms with Crippen LogP contribution in [0.5, 0.6) is 11.5 Å². The molecule has 114 valence electrons. The van der Waals surface area contributed by atoms with Gasteiger partial charge in [-0.25, -0.2) is 0 Å². The van der Waals surface area contributed by atoms with Crippen LogP contribution in [0.4, 0.5) is 0 Å². The Kier molecular flexibility index (Phi) is 3.87. The van der Waals surface area contributed by atoms with Crippen molar-refractivity contribution >= 4 is 5.71 Å². The van der Waals surface area contributed by atoms with Gasteiger partial charge in [0.25, 0.3) is 0 Å². The van der Waals surface area contributed by atoms with Gasteiger partial charge in [-0.1, -0.05) is 0 Å². The second-order valence-corrected chi connectivity index (χ2v) is 5.45. The third kappa shape index (κ3) is 2.76. The van der Waals surface area contributed by atoms with Crippen LogP contribution in [0.1, 0.15) is 24.5 Å². The largest absolute Gasteiger partial charge is 0.493 e. The normalized spacial score (nSPS) is 19.9. The maximum absolute atomic E-state index is 5.70. The Hall–Kier alpha value is -1.59. The number of rotatable bonds is 4. The highest BCUT2D eigenvalue weighted by Crippen LogP contribution is 2.35. The molecule has 1 aromatic carbocycles. The van der Waals surface area contributed by atoms with Gasteiger partial charge >= 0.3 is 0 Å². The minimum absolute atomic E-state index is 0.569. The average Bonchev–Trinajstić information content (AvgIpc) is 2.92. The number of benzene rings is 1. The molecule has 0 aliphatic carbocycles. The lowest BCUT2D eigenvalue weighted by Crippen LogP contribution is -2.31. The van der Waals surface area contributed by atoms with Crippen molar-refractivity contribution < 1.29 is 18.9 Å². The molecule has 21 heavy (non-hydrogen) atoms. The average molecular weight is 291 g/mol. The Bertz CT molecular complexity index is 562. The van der Waals surface area contributed by atoms with E-state index in [9.17, 15) is 0 Å². The van der Waals surface area contributed by atoms with E-state index < -0.39 is 5.79 Å². The number of aliphatic imine (C=N–C) groups is 1. The standard InChI is InChI=1S/C16H21NO4/c1-16(20-6-7-21-16)10-13-12-9-15(19-3)14(18-2)8-11(12)4-5-17-13/h8-9H,4-7,10H2,1-3H3. The van der Waals surface area contributed by atoms with Crippen LogP contribution in [0.15, 0.2) is 17.1 Å². The Morgan fingerprint density at radius 2 is 1.81 bits per heavy atom. The summed E-state index contributed by atoms with van der Waals surface area (Å²) in [5.74, 6) is 0.919. The molecule has 0 atom stereocenters. The van der Waals surface area contributed by atoms with E-state index in [4.69, 9.17) is 18.9 Å². The van der Waals surface area contributed by atoms with Gasteiger partial charge in [0, 0.05) is 24.2 Å². The minimum atomic E-state index is -0.569. The van der Waals surface area contributed by atoms with Gasteiger partial charge in [-0.3, -0.25) is 4.99 Å². The van der Waals surface area contributed by atoms with Crippen LogP contribution < -0.4 is 9.47 Å². The zero-order chi connectivity index (χ0) is 14.9. The first-order valence-corrected chi connectivity index (χ1v) is 7.22. The molecule has 5 nitrogen and oxygen atoms in total. The third-order valence-electron chi connectivity index (χ3n) is 3.99. The van der Waals surface area contributed by atoms with Gasteiger partial charge in [-0.05, 0) is 31.0 Å². The second-order valence-electron chi connectivity index (χ2n) is 5.45. The lowest BCUT2D eigenvalue weighted by atomic mass is 9.93. The first kappa shape index (κ1) is 14.4. The van der Waals surface area contributed by atoms with Gasteiger partial charge < -0.3 is 18.9 Å². The van der Waals surface area contributed by atoms with E-state index >= 15 is 0 Å². The molecule has 0 N–H and O–H groups in total. The molecule has 5 heteroatoms. The van der Waals surface area contributed by atoms with E-state index in [0.29, 0.717) is 19.6 Å². The summed E-state index contributed by atoms with van der Waals surface area (Å²) < 4.78 is 22.2. The van der Waals surface area contributed by atoms with Crippen molar-refractivity contribution in [2.24, 2.45) is 4.99 Å². The smallest absolute Gasteiger partial charge is 0.171 e. The number of methoxy groups -OCH3 is 2. The molecule has 0 saturated carbocycles. The molecular formula is C16H21NO4. The molecule has 2 heterocycles. The lowest BCUT2D eigenvalue weighted by Gasteiger charge is -2.26. The Morgan fingerprint density at radius 3 is 2.48 bits per heavy atom. The number of hydrogen-bond acceptors (Lipinski definition) is 5. The van der Waals surface area contributed by atoms with Crippen LogP contribution in [0.2, 0.25) is 0 Å². The van der Waals surface area contributed by atoms with Crippen molar-refractivity contribution in [3.8, 4) is 11.5 Å². The van der Waals surface area contributed by atoms with Gasteiger partial charge in [0.2, 0.25) is 0 Å². The second kappa shape index (κ2) is 5.66. The molecule has 0 spiro atoms. The van der Waals surface area contributed by atoms with Crippen LogP contribution in [0.3, 0.4) is 0 Å². The first-order valence-electron chi connectivity index (χ1n) is 7.22. The number of ether oxygens (including phenoxy) is 4. The third-order valence-corrected chi connectivity index (χ3v) is 3.99. The van der Waals surface area contributed by atoms with Gasteiger partial charge in [-0.2, -0.15) is 0 Å². The van der Waals surface area contributed by atoms with Crippen LogP contribution in [-0.2, 0) is 15.9 Å². The Labute approximate surface area is 124 Å². The highest BCUT2D eigenvalue weighted by atomic mass is 16.7. The van der Waals surface area contributed by atoms with Crippen molar-refractivity contribution in [2.75, 3.05) is 34.0 Å². The fourth-order valence-corrected chi connectivity index (χ4v) is 2.91. The monoisotopic (exact) mass is 291 g/mol. The summed E-state index contributed by atoms with van der Waals surface area (Å²) in [4.78, 5) is 4.67. The fraction of sp³-hybridized carbons (Fsp3) is 0.562. The zero-order valence-electron chi connectivity index (χ0n) is 12.8. The van der Waals surface area contributed by atoms with Gasteiger partial charge in [0.05, 0.1) is 27.4 Å². The summed E-state index contributed by atoms with van der Waals surface area (Å²) in [6.45, 7) is 4.04. The molecule has 0 unspecified atom stereocenters. The topological polar surface area (TPSA) is 49.3 Å². The highest BCUT2D eigenvalue weighted by molar-refractivity contribution is 6.03. The zero-order valence-corrected chi connectivity index (χ0v) is 12.8. The molecule has 2 aliphatic heterocycles. The quantitative estimate of drug-likeness (QED) is 0.853. The maximum atomic E-state index is 5.70. The van der Waals surface area contributed by atoms with Crippen molar-refractivity contribution in [1.29, 1.82) is 0 Å². The first-order chi connectivity index (χ1) is 10.1. The van der Waals surface area contributed by atoms with E-state index in [0.717, 1.165) is 35.7 Å². The van der Waals surface area contributed by atoms with Crippen molar-refractivity contribution in [3.05, 3.63) is 23.3 Å². The predicted molar refractivity (Wildman–Crippen MR) is 79.6 cm³/mol. The molecule has 2 aliphatic rings. The van der Waals surface area contributed by atoms with E-state index in [-0.39, 0.29) is 0 Å². The molecule has 0 aromatic heterocycles. The van der Waals surface area contributed by atoms with Crippen LogP contribution in [0.25, 0.3) is 0 Å². The summed E-state index contributed by atoms with van der Waals surface area (Å²) in [5.41, 5.74) is 3.36. The highest BCUT2D eigenvalue weighted by Gasteiger charge is 2.34. The Morgan fingerprint density at radius 1 is 1.14 bits per heavy atom. The number of fused-ring (bicyclic) bond motifs is 1. The summed E-state index contributed by atoms with van der Waals surface area (Å²) in [7, 11) is 3.30. The van der Waals surface area contributed by atoms with E-state index in [1.165, 1.54) is 5.56 Å². The van der Waals surface area contributed by atoms with Gasteiger partial charge in [0.1, 0.15) is 0 Å². The van der Waals surface area contributed by atoms with Crippen molar-refractivity contribution in [3.63, 3.8) is 0 Å². The Balaban J connectivity index is 1.93. The molecule has 1 saturated heterocycles. The molecular weight excluding hydrogens is 270 g/mol. The molecule has 0 amide bonds. The van der Waals surface area contributed by atoms with Crippen LogP contribution in [0, 0.1) is 0 Å². The molecule has 0 radical (unpaired) electrons. The SMILES string of the molecule is COc1cc2c(cc1OC)C(CC1(C)OCCO1)=NCC2.